The maximum atomic E-state index is 13.4. The van der Waals surface area contributed by atoms with Crippen LogP contribution >= 0.6 is 0 Å². The van der Waals surface area contributed by atoms with Gasteiger partial charge in [-0.2, -0.15) is 0 Å². The highest BCUT2D eigenvalue weighted by atomic mass is 19.1. The Labute approximate surface area is 114 Å². The van der Waals surface area contributed by atoms with Crippen molar-refractivity contribution in [2.45, 2.75) is 13.0 Å². The van der Waals surface area contributed by atoms with Crippen molar-refractivity contribution in [2.24, 2.45) is 5.84 Å². The van der Waals surface area contributed by atoms with Gasteiger partial charge in [-0.1, -0.05) is 0 Å². The minimum atomic E-state index is -0.916. The zero-order valence-electron chi connectivity index (χ0n) is 11.0. The number of hydrogen-bond donors (Lipinski definition) is 3. The van der Waals surface area contributed by atoms with E-state index in [4.69, 9.17) is 10.6 Å². The Morgan fingerprint density at radius 2 is 2.25 bits per heavy atom. The fourth-order valence-electron chi connectivity index (χ4n) is 1.60. The van der Waals surface area contributed by atoms with Crippen LogP contribution in [0, 0.1) is 15.9 Å². The van der Waals surface area contributed by atoms with Crippen molar-refractivity contribution < 1.29 is 18.8 Å². The third-order valence-corrected chi connectivity index (χ3v) is 2.48. The van der Waals surface area contributed by atoms with Gasteiger partial charge in [0.1, 0.15) is 5.56 Å². The van der Waals surface area contributed by atoms with Gasteiger partial charge in [-0.3, -0.25) is 20.8 Å². The molecule has 0 radical (unpaired) electrons. The number of nitrogen functional groups attached to an aromatic ring is 1. The summed E-state index contributed by atoms with van der Waals surface area (Å²) in [5, 5.41) is 13.4. The lowest BCUT2D eigenvalue weighted by Crippen LogP contribution is -2.36. The number of rotatable bonds is 6. The number of anilines is 1. The number of halogens is 1. The first kappa shape index (κ1) is 15.8. The minimum Gasteiger partial charge on any atom is -0.383 e. The fraction of sp³-hybridized carbons (Fsp3) is 0.364. The Balaban J connectivity index is 3.14. The Hall–Kier alpha value is -2.26. The second-order valence-corrected chi connectivity index (χ2v) is 4.08. The highest BCUT2D eigenvalue weighted by Gasteiger charge is 2.24. The quantitative estimate of drug-likeness (QED) is 0.404. The van der Waals surface area contributed by atoms with E-state index in [9.17, 15) is 19.3 Å². The molecule has 0 heterocycles. The molecule has 8 nitrogen and oxygen atoms in total. The monoisotopic (exact) mass is 286 g/mol. The van der Waals surface area contributed by atoms with E-state index in [1.165, 1.54) is 7.11 Å². The Kier molecular flexibility index (Phi) is 5.35. The molecule has 0 bridgehead atoms. The number of nitro benzene ring substituents is 1. The van der Waals surface area contributed by atoms with Gasteiger partial charge >= 0.3 is 0 Å². The van der Waals surface area contributed by atoms with Crippen LogP contribution in [-0.4, -0.2) is 30.6 Å². The van der Waals surface area contributed by atoms with Crippen molar-refractivity contribution in [3.05, 3.63) is 33.6 Å². The molecule has 0 saturated heterocycles. The van der Waals surface area contributed by atoms with Crippen molar-refractivity contribution in [3.8, 4) is 0 Å². The molecule has 1 aromatic carbocycles. The number of carbonyl (C=O) groups excluding carboxylic acids is 1. The largest absolute Gasteiger partial charge is 0.383 e. The van der Waals surface area contributed by atoms with Crippen LogP contribution in [0.2, 0.25) is 0 Å². The zero-order chi connectivity index (χ0) is 15.3. The number of nitro groups is 1. The van der Waals surface area contributed by atoms with E-state index in [0.29, 0.717) is 6.07 Å². The highest BCUT2D eigenvalue weighted by molar-refractivity contribution is 5.99. The molecule has 0 aliphatic carbocycles. The van der Waals surface area contributed by atoms with Crippen LogP contribution in [0.1, 0.15) is 17.3 Å². The molecule has 0 aliphatic heterocycles. The molecule has 0 spiro atoms. The van der Waals surface area contributed by atoms with Crippen LogP contribution in [-0.2, 0) is 4.74 Å². The topological polar surface area (TPSA) is 120 Å². The Morgan fingerprint density at radius 1 is 1.60 bits per heavy atom. The van der Waals surface area contributed by atoms with Crippen molar-refractivity contribution in [1.82, 2.24) is 5.32 Å². The fourth-order valence-corrected chi connectivity index (χ4v) is 1.60. The van der Waals surface area contributed by atoms with E-state index >= 15 is 0 Å². The molecule has 4 N–H and O–H groups in total. The number of carbonyl (C=O) groups is 1. The molecule has 0 fully saturated rings. The summed E-state index contributed by atoms with van der Waals surface area (Å²) in [6.07, 6.45) is 0. The van der Waals surface area contributed by atoms with Crippen LogP contribution < -0.4 is 16.6 Å². The second-order valence-electron chi connectivity index (χ2n) is 4.08. The van der Waals surface area contributed by atoms with Gasteiger partial charge in [0.25, 0.3) is 11.6 Å². The number of ether oxygens (including phenoxy) is 1. The van der Waals surface area contributed by atoms with Crippen LogP contribution in [0.4, 0.5) is 15.8 Å². The summed E-state index contributed by atoms with van der Waals surface area (Å²) >= 11 is 0. The highest BCUT2D eigenvalue weighted by Crippen LogP contribution is 2.25. The second kappa shape index (κ2) is 6.78. The molecule has 1 amide bonds. The van der Waals surface area contributed by atoms with Gasteiger partial charge < -0.3 is 15.5 Å². The predicted molar refractivity (Wildman–Crippen MR) is 69.7 cm³/mol. The molecule has 110 valence electrons. The van der Waals surface area contributed by atoms with Crippen molar-refractivity contribution in [1.29, 1.82) is 0 Å². The number of nitrogens with two attached hydrogens (primary N) is 1. The van der Waals surface area contributed by atoms with Crippen molar-refractivity contribution in [2.75, 3.05) is 19.1 Å². The summed E-state index contributed by atoms with van der Waals surface area (Å²) in [5.41, 5.74) is 0.904. The third-order valence-electron chi connectivity index (χ3n) is 2.48. The maximum Gasteiger partial charge on any atom is 0.285 e. The Bertz CT molecular complexity index is 523. The van der Waals surface area contributed by atoms with Gasteiger partial charge in [0.2, 0.25) is 0 Å². The molecular formula is C11H15FN4O4. The summed E-state index contributed by atoms with van der Waals surface area (Å²) in [6, 6.07) is 1.28. The van der Waals surface area contributed by atoms with Gasteiger partial charge in [0.05, 0.1) is 23.3 Å². The van der Waals surface area contributed by atoms with Gasteiger partial charge in [-0.05, 0) is 13.0 Å². The molecule has 1 rings (SSSR count). The smallest absolute Gasteiger partial charge is 0.285 e. The van der Waals surface area contributed by atoms with E-state index in [2.05, 4.69) is 5.32 Å². The summed E-state index contributed by atoms with van der Waals surface area (Å²) in [6.45, 7) is 1.90. The lowest BCUT2D eigenvalue weighted by Gasteiger charge is -2.13. The molecule has 20 heavy (non-hydrogen) atoms. The summed E-state index contributed by atoms with van der Waals surface area (Å²) in [4.78, 5) is 22.0. The molecule has 0 aliphatic rings. The molecule has 1 atom stereocenters. The van der Waals surface area contributed by atoms with Gasteiger partial charge in [0.15, 0.2) is 5.82 Å². The third kappa shape index (κ3) is 3.62. The molecule has 0 aromatic heterocycles. The van der Waals surface area contributed by atoms with Gasteiger partial charge in [-0.25, -0.2) is 4.39 Å². The normalized spacial score (nSPS) is 11.8. The number of amides is 1. The number of methoxy groups -OCH3 is 1. The Morgan fingerprint density at radius 3 is 2.75 bits per heavy atom. The van der Waals surface area contributed by atoms with Crippen molar-refractivity contribution in [3.63, 3.8) is 0 Å². The van der Waals surface area contributed by atoms with E-state index in [1.807, 2.05) is 5.43 Å². The molecule has 9 heteroatoms. The van der Waals surface area contributed by atoms with E-state index < -0.39 is 22.3 Å². The average molecular weight is 286 g/mol. The van der Waals surface area contributed by atoms with Gasteiger partial charge in [-0.15, -0.1) is 0 Å². The number of benzene rings is 1. The maximum absolute atomic E-state index is 13.4. The SMILES string of the molecule is COCC(C)NC(=O)c1cc(NN)c(F)cc1[N+](=O)[O-]. The number of hydrazine groups is 1. The lowest BCUT2D eigenvalue weighted by molar-refractivity contribution is -0.385. The molecule has 1 aromatic rings. The van der Waals surface area contributed by atoms with Crippen LogP contribution in [0.25, 0.3) is 0 Å². The van der Waals surface area contributed by atoms with E-state index in [1.54, 1.807) is 6.92 Å². The number of nitrogens with one attached hydrogen (secondary N) is 2. The average Bonchev–Trinajstić information content (AvgIpc) is 2.38. The van der Waals surface area contributed by atoms with E-state index in [0.717, 1.165) is 6.07 Å². The van der Waals surface area contributed by atoms with Crippen LogP contribution in [0.15, 0.2) is 12.1 Å². The zero-order valence-corrected chi connectivity index (χ0v) is 11.0. The first-order valence-corrected chi connectivity index (χ1v) is 5.65. The molecule has 0 saturated carbocycles. The summed E-state index contributed by atoms with van der Waals surface area (Å²) in [5.74, 6) is 3.46. The summed E-state index contributed by atoms with van der Waals surface area (Å²) < 4.78 is 18.3. The standard InChI is InChI=1S/C11H15FN4O4/c1-6(5-20-2)14-11(17)7-3-9(15-13)8(12)4-10(7)16(18)19/h3-4,6,15H,5,13H2,1-2H3,(H,14,17). The van der Waals surface area contributed by atoms with E-state index in [-0.39, 0.29) is 23.9 Å². The molecule has 1 unspecified atom stereocenters. The number of hydrogen-bond acceptors (Lipinski definition) is 6. The lowest BCUT2D eigenvalue weighted by atomic mass is 10.1. The number of nitrogens with zero attached hydrogens (tertiary/aromatic N) is 1. The predicted octanol–water partition coefficient (Wildman–Crippen LogP) is 0.784. The molecular weight excluding hydrogens is 271 g/mol. The van der Waals surface area contributed by atoms with Crippen molar-refractivity contribution >= 4 is 17.3 Å². The first-order chi connectivity index (χ1) is 9.40. The summed E-state index contributed by atoms with van der Waals surface area (Å²) in [7, 11) is 1.46. The van der Waals surface area contributed by atoms with Crippen LogP contribution in [0.5, 0.6) is 0 Å². The van der Waals surface area contributed by atoms with Gasteiger partial charge in [0, 0.05) is 13.2 Å². The minimum absolute atomic E-state index is 0.208. The first-order valence-electron chi connectivity index (χ1n) is 5.65. The van der Waals surface area contributed by atoms with Crippen LogP contribution in [0.3, 0.4) is 0 Å².